The first-order chi connectivity index (χ1) is 6.98. The number of hydrogen-bond acceptors (Lipinski definition) is 4. The van der Waals surface area contributed by atoms with Crippen molar-refractivity contribution < 1.29 is 9.66 Å². The molecule has 2 rings (SSSR count). The van der Waals surface area contributed by atoms with E-state index in [0.717, 1.165) is 0 Å². The first-order valence-corrected chi connectivity index (χ1v) is 4.51. The minimum Gasteiger partial charge on any atom is -0.480 e. The van der Waals surface area contributed by atoms with E-state index < -0.39 is 10.5 Å². The fourth-order valence-corrected chi connectivity index (χ4v) is 1.34. The molecule has 0 saturated carbocycles. The number of ether oxygens (including phenoxy) is 1. The Bertz CT molecular complexity index is 452. The van der Waals surface area contributed by atoms with Gasteiger partial charge in [-0.3, -0.25) is 15.1 Å². The Morgan fingerprint density at radius 1 is 1.47 bits per heavy atom. The summed E-state index contributed by atoms with van der Waals surface area (Å²) >= 11 is 0. The smallest absolute Gasteiger partial charge is 0.271 e. The lowest BCUT2D eigenvalue weighted by Crippen LogP contribution is -2.31. The van der Waals surface area contributed by atoms with Crippen LogP contribution in [0.15, 0.2) is 23.2 Å². The van der Waals surface area contributed by atoms with Gasteiger partial charge in [0.15, 0.2) is 0 Å². The Morgan fingerprint density at radius 2 is 2.20 bits per heavy atom. The fourth-order valence-electron chi connectivity index (χ4n) is 1.34. The fraction of sp³-hybridized carbons (Fsp3) is 0.300. The molecular formula is C10H10N2O3. The zero-order valence-electron chi connectivity index (χ0n) is 8.43. The van der Waals surface area contributed by atoms with Crippen molar-refractivity contribution in [1.82, 2.24) is 0 Å². The van der Waals surface area contributed by atoms with Crippen molar-refractivity contribution in [2.24, 2.45) is 4.99 Å². The van der Waals surface area contributed by atoms with Gasteiger partial charge in [0.1, 0.15) is 17.0 Å². The van der Waals surface area contributed by atoms with Gasteiger partial charge in [-0.25, -0.2) is 0 Å². The highest BCUT2D eigenvalue weighted by Crippen LogP contribution is 2.36. The third kappa shape index (κ3) is 1.81. The maximum Gasteiger partial charge on any atom is 0.271 e. The third-order valence-corrected chi connectivity index (χ3v) is 2.04. The second-order valence-corrected chi connectivity index (χ2v) is 3.87. The summed E-state index contributed by atoms with van der Waals surface area (Å²) in [6, 6.07) is 4.39. The maximum atomic E-state index is 10.5. The monoisotopic (exact) mass is 206 g/mol. The Kier molecular flexibility index (Phi) is 1.96. The molecule has 0 unspecified atom stereocenters. The van der Waals surface area contributed by atoms with E-state index in [-0.39, 0.29) is 5.69 Å². The zero-order chi connectivity index (χ0) is 11.1. The lowest BCUT2D eigenvalue weighted by Gasteiger charge is -2.26. The largest absolute Gasteiger partial charge is 0.480 e. The molecule has 78 valence electrons. The summed E-state index contributed by atoms with van der Waals surface area (Å²) in [6.07, 6.45) is 1.64. The second kappa shape index (κ2) is 3.05. The molecule has 0 aromatic heterocycles. The van der Waals surface area contributed by atoms with E-state index in [0.29, 0.717) is 11.4 Å². The molecule has 5 nitrogen and oxygen atoms in total. The highest BCUT2D eigenvalue weighted by molar-refractivity contribution is 5.77. The summed E-state index contributed by atoms with van der Waals surface area (Å²) < 4.78 is 5.58. The molecule has 0 amide bonds. The minimum atomic E-state index is -0.455. The number of fused-ring (bicyclic) bond motifs is 1. The predicted molar refractivity (Wildman–Crippen MR) is 56.0 cm³/mol. The number of nitro benzene ring substituents is 1. The number of hydrogen-bond donors (Lipinski definition) is 0. The first kappa shape index (κ1) is 9.64. The molecule has 0 N–H and O–H groups in total. The average molecular weight is 206 g/mol. The van der Waals surface area contributed by atoms with Crippen molar-refractivity contribution in [2.75, 3.05) is 0 Å². The van der Waals surface area contributed by atoms with Gasteiger partial charge in [-0.05, 0) is 19.9 Å². The van der Waals surface area contributed by atoms with E-state index in [4.69, 9.17) is 4.74 Å². The molecule has 5 heteroatoms. The van der Waals surface area contributed by atoms with E-state index in [1.54, 1.807) is 12.3 Å². The van der Waals surface area contributed by atoms with E-state index in [1.165, 1.54) is 12.1 Å². The van der Waals surface area contributed by atoms with E-state index >= 15 is 0 Å². The van der Waals surface area contributed by atoms with E-state index in [2.05, 4.69) is 4.99 Å². The summed E-state index contributed by atoms with van der Waals surface area (Å²) in [7, 11) is 0. The summed E-state index contributed by atoms with van der Waals surface area (Å²) in [4.78, 5) is 14.2. The molecule has 0 saturated heterocycles. The first-order valence-electron chi connectivity index (χ1n) is 4.51. The molecule has 0 fully saturated rings. The van der Waals surface area contributed by atoms with Crippen molar-refractivity contribution >= 4 is 17.6 Å². The van der Waals surface area contributed by atoms with Crippen LogP contribution < -0.4 is 4.74 Å². The standard InChI is InChI=1S/C10H10N2O3/c1-10(2)6-11-8-5-7(12(13)14)3-4-9(8)15-10/h3-6H,1-2H3. The van der Waals surface area contributed by atoms with Gasteiger partial charge in [-0.2, -0.15) is 0 Å². The zero-order valence-corrected chi connectivity index (χ0v) is 8.43. The molecule has 0 aliphatic carbocycles. The Labute approximate surface area is 86.5 Å². The van der Waals surface area contributed by atoms with E-state index in [9.17, 15) is 10.1 Å². The molecule has 1 aliphatic rings. The molecule has 0 atom stereocenters. The van der Waals surface area contributed by atoms with Gasteiger partial charge < -0.3 is 4.74 Å². The van der Waals surface area contributed by atoms with Crippen LogP contribution in [0.4, 0.5) is 11.4 Å². The minimum absolute atomic E-state index is 0.0224. The van der Waals surface area contributed by atoms with Crippen LogP contribution in [0, 0.1) is 10.1 Å². The van der Waals surface area contributed by atoms with Gasteiger partial charge >= 0.3 is 0 Å². The quantitative estimate of drug-likeness (QED) is 0.523. The van der Waals surface area contributed by atoms with Gasteiger partial charge in [0.25, 0.3) is 5.69 Å². The van der Waals surface area contributed by atoms with Crippen LogP contribution in [-0.2, 0) is 0 Å². The molecule has 15 heavy (non-hydrogen) atoms. The molecular weight excluding hydrogens is 196 g/mol. The van der Waals surface area contributed by atoms with Crippen LogP contribution in [0.1, 0.15) is 13.8 Å². The van der Waals surface area contributed by atoms with Crippen molar-refractivity contribution in [3.8, 4) is 5.75 Å². The Balaban J connectivity index is 2.45. The summed E-state index contributed by atoms with van der Waals surface area (Å²) in [5, 5.41) is 10.5. The molecule has 0 spiro atoms. The van der Waals surface area contributed by atoms with Crippen molar-refractivity contribution in [2.45, 2.75) is 19.4 Å². The van der Waals surface area contributed by atoms with Crippen LogP contribution in [0.2, 0.25) is 0 Å². The summed E-state index contributed by atoms with van der Waals surface area (Å²) in [6.45, 7) is 3.75. The number of rotatable bonds is 1. The molecule has 0 radical (unpaired) electrons. The van der Waals surface area contributed by atoms with Crippen molar-refractivity contribution in [1.29, 1.82) is 0 Å². The highest BCUT2D eigenvalue weighted by atomic mass is 16.6. The third-order valence-electron chi connectivity index (χ3n) is 2.04. The normalized spacial score (nSPS) is 16.7. The molecule has 1 aliphatic heterocycles. The number of benzene rings is 1. The van der Waals surface area contributed by atoms with Crippen LogP contribution >= 0.6 is 0 Å². The molecule has 1 aromatic rings. The number of aliphatic imine (C=N–C) groups is 1. The Morgan fingerprint density at radius 3 is 2.87 bits per heavy atom. The molecule has 1 heterocycles. The lowest BCUT2D eigenvalue weighted by molar-refractivity contribution is -0.384. The lowest BCUT2D eigenvalue weighted by atomic mass is 10.1. The molecule has 1 aromatic carbocycles. The van der Waals surface area contributed by atoms with Gasteiger partial charge in [-0.15, -0.1) is 0 Å². The van der Waals surface area contributed by atoms with Crippen LogP contribution in [0.3, 0.4) is 0 Å². The average Bonchev–Trinajstić information content (AvgIpc) is 2.15. The van der Waals surface area contributed by atoms with E-state index in [1.807, 2.05) is 13.8 Å². The second-order valence-electron chi connectivity index (χ2n) is 3.87. The van der Waals surface area contributed by atoms with Crippen molar-refractivity contribution in [3.63, 3.8) is 0 Å². The summed E-state index contributed by atoms with van der Waals surface area (Å²) in [5.41, 5.74) is 0.0705. The SMILES string of the molecule is CC1(C)C=Nc2cc([N+](=O)[O-])ccc2O1. The molecule has 0 bridgehead atoms. The van der Waals surface area contributed by atoms with Crippen LogP contribution in [0.25, 0.3) is 0 Å². The van der Waals surface area contributed by atoms with Gasteiger partial charge in [0.05, 0.1) is 4.92 Å². The highest BCUT2D eigenvalue weighted by Gasteiger charge is 2.24. The van der Waals surface area contributed by atoms with Crippen LogP contribution in [0.5, 0.6) is 5.75 Å². The van der Waals surface area contributed by atoms with Gasteiger partial charge in [-0.1, -0.05) is 0 Å². The Hall–Kier alpha value is -1.91. The van der Waals surface area contributed by atoms with Crippen molar-refractivity contribution in [3.05, 3.63) is 28.3 Å². The van der Waals surface area contributed by atoms with Gasteiger partial charge in [0, 0.05) is 18.3 Å². The topological polar surface area (TPSA) is 64.7 Å². The number of nitrogens with zero attached hydrogens (tertiary/aromatic N) is 2. The van der Waals surface area contributed by atoms with Gasteiger partial charge in [0.2, 0.25) is 0 Å². The number of non-ortho nitro benzene ring substituents is 1. The summed E-state index contributed by atoms with van der Waals surface area (Å²) in [5.74, 6) is 0.577. The maximum absolute atomic E-state index is 10.5. The van der Waals surface area contributed by atoms with Crippen LogP contribution in [-0.4, -0.2) is 16.7 Å². The predicted octanol–water partition coefficient (Wildman–Crippen LogP) is 2.47. The number of nitro groups is 1.